The number of methoxy groups -OCH3 is 1. The fourth-order valence-electron chi connectivity index (χ4n) is 4.07. The number of nitrogens with one attached hydrogen (secondary N) is 2. The van der Waals surface area contributed by atoms with E-state index in [-0.39, 0.29) is 24.1 Å². The summed E-state index contributed by atoms with van der Waals surface area (Å²) in [6, 6.07) is 10.6. The van der Waals surface area contributed by atoms with Crippen molar-refractivity contribution < 1.29 is 28.5 Å². The Labute approximate surface area is 273 Å². The molecule has 240 valence electrons. The van der Waals surface area contributed by atoms with E-state index < -0.39 is 0 Å². The van der Waals surface area contributed by atoms with Crippen molar-refractivity contribution in [2.24, 2.45) is 0 Å². The van der Waals surface area contributed by atoms with Gasteiger partial charge < -0.3 is 24.3 Å². The Hall–Kier alpha value is -4.02. The number of ether oxygens (including phenoxy) is 4. The third-order valence-electron chi connectivity index (χ3n) is 5.86. The molecule has 0 unspecified atom stereocenters. The molecule has 4 aromatic rings. The third kappa shape index (κ3) is 8.79. The summed E-state index contributed by atoms with van der Waals surface area (Å²) >= 11 is 4.07. The van der Waals surface area contributed by atoms with Crippen LogP contribution in [-0.2, 0) is 11.3 Å². The van der Waals surface area contributed by atoms with Gasteiger partial charge in [-0.05, 0) is 50.8 Å². The maximum Gasteiger partial charge on any atom is 0.251 e. The number of nitrogens with zero attached hydrogens (tertiary/aromatic N) is 5. The summed E-state index contributed by atoms with van der Waals surface area (Å²) in [6.07, 6.45) is 0. The van der Waals surface area contributed by atoms with Crippen LogP contribution >= 0.6 is 34.9 Å². The van der Waals surface area contributed by atoms with Gasteiger partial charge in [-0.25, -0.2) is 0 Å². The van der Waals surface area contributed by atoms with Crippen molar-refractivity contribution in [3.8, 4) is 28.7 Å². The standard InChI is InChI=1S/C29H35N7O6S3/c1-6-40-21-14-18(15-22(41-7-2)25(21)42-8-3)26(38)30-16-23-32-34-28(36(23)19-12-10-11-13-20(19)39-5)44-17-24(37)31-27-33-35-29(45-27)43-9-4/h10-15H,6-9,16-17H2,1-5H3,(H,30,38)(H,31,33,37). The van der Waals surface area contributed by atoms with E-state index in [0.717, 1.165) is 10.1 Å². The van der Waals surface area contributed by atoms with Crippen molar-refractivity contribution in [2.45, 2.75) is 43.7 Å². The Balaban J connectivity index is 1.56. The molecule has 0 bridgehead atoms. The van der Waals surface area contributed by atoms with Crippen LogP contribution in [0, 0.1) is 0 Å². The van der Waals surface area contributed by atoms with Gasteiger partial charge in [0.2, 0.25) is 16.8 Å². The maximum absolute atomic E-state index is 13.4. The zero-order valence-electron chi connectivity index (χ0n) is 25.6. The number of thioether (sulfide) groups is 2. The van der Waals surface area contributed by atoms with E-state index >= 15 is 0 Å². The second-order valence-electron chi connectivity index (χ2n) is 8.83. The smallest absolute Gasteiger partial charge is 0.251 e. The molecule has 0 aliphatic carbocycles. The van der Waals surface area contributed by atoms with Gasteiger partial charge in [0.1, 0.15) is 5.75 Å². The molecule has 45 heavy (non-hydrogen) atoms. The highest BCUT2D eigenvalue weighted by Gasteiger charge is 2.22. The van der Waals surface area contributed by atoms with E-state index in [0.29, 0.717) is 70.2 Å². The van der Waals surface area contributed by atoms with Crippen molar-refractivity contribution in [1.29, 1.82) is 0 Å². The minimum atomic E-state index is -0.374. The lowest BCUT2D eigenvalue weighted by Gasteiger charge is -2.17. The summed E-state index contributed by atoms with van der Waals surface area (Å²) in [5.41, 5.74) is 0.984. The second-order valence-corrected chi connectivity index (χ2v) is 12.3. The molecule has 0 spiro atoms. The fraction of sp³-hybridized carbons (Fsp3) is 0.379. The van der Waals surface area contributed by atoms with Gasteiger partial charge in [-0.3, -0.25) is 19.5 Å². The first-order valence-corrected chi connectivity index (χ1v) is 17.0. The van der Waals surface area contributed by atoms with Gasteiger partial charge in [0, 0.05) is 5.56 Å². The van der Waals surface area contributed by atoms with E-state index in [2.05, 4.69) is 31.0 Å². The molecule has 2 amide bonds. The summed E-state index contributed by atoms with van der Waals surface area (Å²) in [4.78, 5) is 26.1. The monoisotopic (exact) mass is 673 g/mol. The van der Waals surface area contributed by atoms with Crippen LogP contribution in [0.2, 0.25) is 0 Å². The molecule has 0 saturated carbocycles. The molecule has 13 nitrogen and oxygen atoms in total. The number of amides is 2. The number of carbonyl (C=O) groups is 2. The Kier molecular flexibility index (Phi) is 12.7. The quantitative estimate of drug-likeness (QED) is 0.113. The number of aromatic nitrogens is 5. The predicted octanol–water partition coefficient (Wildman–Crippen LogP) is 5.10. The van der Waals surface area contributed by atoms with Gasteiger partial charge in [0.15, 0.2) is 26.8 Å². The summed E-state index contributed by atoms with van der Waals surface area (Å²) < 4.78 is 25.4. The molecule has 2 aromatic heterocycles. The molecule has 0 aliphatic rings. The van der Waals surface area contributed by atoms with E-state index in [9.17, 15) is 9.59 Å². The SMILES string of the molecule is CCOc1cc(C(=O)NCc2nnc(SCC(=O)Nc3nnc(SCC)s3)n2-c2ccccc2OC)cc(OCC)c1OCC. The van der Waals surface area contributed by atoms with Crippen molar-refractivity contribution in [2.75, 3.05) is 43.8 Å². The molecule has 2 heterocycles. The van der Waals surface area contributed by atoms with Crippen LogP contribution in [0.15, 0.2) is 45.9 Å². The first-order chi connectivity index (χ1) is 21.9. The average molecular weight is 674 g/mol. The third-order valence-corrected chi connectivity index (χ3v) is 8.64. The lowest BCUT2D eigenvalue weighted by molar-refractivity contribution is -0.113. The van der Waals surface area contributed by atoms with Gasteiger partial charge >= 0.3 is 0 Å². The number of hydrogen-bond donors (Lipinski definition) is 2. The zero-order valence-corrected chi connectivity index (χ0v) is 28.1. The van der Waals surface area contributed by atoms with Gasteiger partial charge in [-0.2, -0.15) is 0 Å². The van der Waals surface area contributed by atoms with Crippen LogP contribution < -0.4 is 29.6 Å². The molecule has 0 atom stereocenters. The number of benzene rings is 2. The van der Waals surface area contributed by atoms with Gasteiger partial charge in [-0.15, -0.1) is 20.4 Å². The van der Waals surface area contributed by atoms with Crippen LogP contribution in [-0.4, -0.2) is 75.2 Å². The van der Waals surface area contributed by atoms with Gasteiger partial charge in [0.05, 0.1) is 44.9 Å². The van der Waals surface area contributed by atoms with Crippen LogP contribution in [0.25, 0.3) is 5.69 Å². The molecular weight excluding hydrogens is 639 g/mol. The summed E-state index contributed by atoms with van der Waals surface area (Å²) in [6.45, 7) is 8.80. The minimum absolute atomic E-state index is 0.0282. The van der Waals surface area contributed by atoms with Crippen molar-refractivity contribution in [3.63, 3.8) is 0 Å². The van der Waals surface area contributed by atoms with Gasteiger partial charge in [-0.1, -0.05) is 53.9 Å². The van der Waals surface area contributed by atoms with Crippen molar-refractivity contribution >= 4 is 51.8 Å². The molecule has 4 rings (SSSR count). The minimum Gasteiger partial charge on any atom is -0.495 e. The largest absolute Gasteiger partial charge is 0.495 e. The van der Waals surface area contributed by atoms with Crippen LogP contribution in [0.3, 0.4) is 0 Å². The highest BCUT2D eigenvalue weighted by Crippen LogP contribution is 2.39. The van der Waals surface area contributed by atoms with E-state index in [1.165, 1.54) is 23.1 Å². The highest BCUT2D eigenvalue weighted by molar-refractivity contribution is 8.01. The van der Waals surface area contributed by atoms with Crippen molar-refractivity contribution in [1.82, 2.24) is 30.3 Å². The first-order valence-electron chi connectivity index (χ1n) is 14.2. The summed E-state index contributed by atoms with van der Waals surface area (Å²) in [5.74, 6) is 2.55. The first kappa shape index (κ1) is 33.9. The molecule has 16 heteroatoms. The molecular formula is C29H35N7O6S3. The molecule has 0 radical (unpaired) electrons. The lowest BCUT2D eigenvalue weighted by Crippen LogP contribution is -2.25. The molecule has 2 aromatic carbocycles. The van der Waals surface area contributed by atoms with E-state index in [1.54, 1.807) is 35.6 Å². The zero-order chi connectivity index (χ0) is 32.2. The second kappa shape index (κ2) is 16.9. The Morgan fingerprint density at radius 3 is 2.27 bits per heavy atom. The number of anilines is 1. The lowest BCUT2D eigenvalue weighted by atomic mass is 10.1. The van der Waals surface area contributed by atoms with Crippen LogP contribution in [0.5, 0.6) is 23.0 Å². The number of carbonyl (C=O) groups excluding carboxylic acids is 2. The molecule has 0 fully saturated rings. The van der Waals surface area contributed by atoms with Crippen molar-refractivity contribution in [3.05, 3.63) is 47.8 Å². The fourth-order valence-corrected chi connectivity index (χ4v) is 6.50. The number of hydrogen-bond acceptors (Lipinski definition) is 13. The predicted molar refractivity (Wildman–Crippen MR) is 175 cm³/mol. The number of para-hydroxylation sites is 2. The summed E-state index contributed by atoms with van der Waals surface area (Å²) in [7, 11) is 1.57. The van der Waals surface area contributed by atoms with E-state index in [1.807, 2.05) is 52.0 Å². The van der Waals surface area contributed by atoms with Crippen LogP contribution in [0.4, 0.5) is 5.13 Å². The average Bonchev–Trinajstić information content (AvgIpc) is 3.66. The Morgan fingerprint density at radius 1 is 0.889 bits per heavy atom. The molecule has 0 aliphatic heterocycles. The molecule has 0 saturated heterocycles. The number of rotatable bonds is 17. The highest BCUT2D eigenvalue weighted by atomic mass is 32.2. The normalized spacial score (nSPS) is 10.8. The van der Waals surface area contributed by atoms with Gasteiger partial charge in [0.25, 0.3) is 5.91 Å². The topological polar surface area (TPSA) is 152 Å². The van der Waals surface area contributed by atoms with Crippen LogP contribution in [0.1, 0.15) is 43.9 Å². The Bertz CT molecular complexity index is 1570. The van der Waals surface area contributed by atoms with E-state index in [4.69, 9.17) is 18.9 Å². The maximum atomic E-state index is 13.4. The summed E-state index contributed by atoms with van der Waals surface area (Å²) in [5, 5.41) is 23.3. The Morgan fingerprint density at radius 2 is 1.60 bits per heavy atom. The molecule has 2 N–H and O–H groups in total.